The second-order valence-corrected chi connectivity index (χ2v) is 5.06. The minimum Gasteiger partial charge on any atom is -0.413 e. The summed E-state index contributed by atoms with van der Waals surface area (Å²) in [7, 11) is 1.35. The van der Waals surface area contributed by atoms with Gasteiger partial charge in [0.2, 0.25) is 0 Å². The predicted octanol–water partition coefficient (Wildman–Crippen LogP) is 3.54. The lowest BCUT2D eigenvalue weighted by atomic mass is 10.0. The maximum atomic E-state index is 12.9. The highest BCUT2D eigenvalue weighted by atomic mass is 19.4. The van der Waals surface area contributed by atoms with Gasteiger partial charge < -0.3 is 4.84 Å². The van der Waals surface area contributed by atoms with Gasteiger partial charge >= 0.3 is 6.18 Å². The van der Waals surface area contributed by atoms with Crippen molar-refractivity contribution in [2.75, 3.05) is 7.11 Å². The van der Waals surface area contributed by atoms with Gasteiger partial charge in [-0.2, -0.15) is 13.2 Å². The molecule has 0 aliphatic heterocycles. The molecular formula is C16H12F3NO2. The molecule has 0 saturated carbocycles. The van der Waals surface area contributed by atoms with Crippen LogP contribution in [0.4, 0.5) is 13.2 Å². The van der Waals surface area contributed by atoms with Crippen molar-refractivity contribution in [3.8, 4) is 0 Å². The average Bonchev–Trinajstić information content (AvgIpc) is 2.46. The molecule has 3 rings (SSSR count). The van der Waals surface area contributed by atoms with E-state index < -0.39 is 17.3 Å². The molecule has 0 aliphatic rings. The molecule has 3 aromatic rings. The van der Waals surface area contributed by atoms with E-state index in [9.17, 15) is 18.0 Å². The van der Waals surface area contributed by atoms with Crippen molar-refractivity contribution in [2.45, 2.75) is 13.1 Å². The van der Waals surface area contributed by atoms with Gasteiger partial charge in [-0.15, -0.1) is 4.73 Å². The van der Waals surface area contributed by atoms with Crippen molar-refractivity contribution in [3.63, 3.8) is 0 Å². The molecule has 0 amide bonds. The number of aryl methyl sites for hydroxylation is 1. The van der Waals surface area contributed by atoms with Crippen molar-refractivity contribution >= 4 is 21.7 Å². The Morgan fingerprint density at radius 3 is 2.32 bits per heavy atom. The summed E-state index contributed by atoms with van der Waals surface area (Å²) in [4.78, 5) is 17.5. The van der Waals surface area contributed by atoms with Gasteiger partial charge in [0.05, 0.1) is 16.5 Å². The first-order valence-electron chi connectivity index (χ1n) is 6.54. The Hall–Kier alpha value is -2.50. The van der Waals surface area contributed by atoms with Gasteiger partial charge in [-0.3, -0.25) is 4.79 Å². The molecule has 1 aromatic heterocycles. The number of pyridine rings is 1. The summed E-state index contributed by atoms with van der Waals surface area (Å²) >= 11 is 0. The summed E-state index contributed by atoms with van der Waals surface area (Å²) in [6, 6.07) is 8.29. The normalized spacial score (nSPS) is 12.0. The SMILES string of the molecule is COn1c(=O)c2ccc(C(F)(F)F)cc2c2ccc(C)cc21. The Morgan fingerprint density at radius 2 is 1.68 bits per heavy atom. The first-order valence-corrected chi connectivity index (χ1v) is 6.54. The van der Waals surface area contributed by atoms with Crippen LogP contribution in [0.15, 0.2) is 41.2 Å². The average molecular weight is 307 g/mol. The van der Waals surface area contributed by atoms with Crippen LogP contribution in [0, 0.1) is 6.92 Å². The van der Waals surface area contributed by atoms with E-state index in [4.69, 9.17) is 4.84 Å². The summed E-state index contributed by atoms with van der Waals surface area (Å²) in [5, 5.41) is 0.988. The third-order valence-electron chi connectivity index (χ3n) is 3.61. The standard InChI is InChI=1S/C16H12F3NO2/c1-9-3-5-11-13-8-10(16(17,18)19)4-6-12(13)15(21)20(22-2)14(11)7-9/h3-8H,1-2H3. The van der Waals surface area contributed by atoms with Crippen molar-refractivity contribution in [3.05, 3.63) is 57.9 Å². The van der Waals surface area contributed by atoms with Crippen LogP contribution in [0.2, 0.25) is 0 Å². The number of hydrogen-bond acceptors (Lipinski definition) is 2. The Labute approximate surface area is 123 Å². The fourth-order valence-electron chi connectivity index (χ4n) is 2.57. The molecule has 0 spiro atoms. The topological polar surface area (TPSA) is 31.2 Å². The van der Waals surface area contributed by atoms with Gasteiger partial charge in [0.25, 0.3) is 5.56 Å². The van der Waals surface area contributed by atoms with E-state index in [1.807, 2.05) is 6.92 Å². The zero-order chi connectivity index (χ0) is 16.1. The molecule has 3 nitrogen and oxygen atoms in total. The number of rotatable bonds is 1. The third kappa shape index (κ3) is 2.11. The van der Waals surface area contributed by atoms with Crippen molar-refractivity contribution in [1.29, 1.82) is 0 Å². The molecule has 114 valence electrons. The van der Waals surface area contributed by atoms with Crippen molar-refractivity contribution in [1.82, 2.24) is 4.73 Å². The number of nitrogens with zero attached hydrogens (tertiary/aromatic N) is 1. The number of aromatic nitrogens is 1. The molecule has 6 heteroatoms. The fourth-order valence-corrected chi connectivity index (χ4v) is 2.57. The van der Waals surface area contributed by atoms with E-state index in [1.54, 1.807) is 18.2 Å². The van der Waals surface area contributed by atoms with Crippen LogP contribution in [0.1, 0.15) is 11.1 Å². The molecular weight excluding hydrogens is 295 g/mol. The second kappa shape index (κ2) is 4.76. The molecule has 0 bridgehead atoms. The zero-order valence-corrected chi connectivity index (χ0v) is 11.9. The number of hydrogen-bond donors (Lipinski definition) is 0. The van der Waals surface area contributed by atoms with Crippen LogP contribution < -0.4 is 10.4 Å². The van der Waals surface area contributed by atoms with Crippen molar-refractivity contribution < 1.29 is 18.0 Å². The first-order chi connectivity index (χ1) is 10.3. The summed E-state index contributed by atoms with van der Waals surface area (Å²) in [5.41, 5.74) is 0.0594. The van der Waals surface area contributed by atoms with E-state index in [-0.39, 0.29) is 10.8 Å². The molecule has 0 N–H and O–H groups in total. The summed E-state index contributed by atoms with van der Waals surface area (Å²) in [5.74, 6) is 0. The Balaban J connectivity index is 2.54. The Morgan fingerprint density at radius 1 is 1.00 bits per heavy atom. The number of benzene rings is 2. The molecule has 2 aromatic carbocycles. The van der Waals surface area contributed by atoms with Crippen LogP contribution in [0.25, 0.3) is 21.7 Å². The van der Waals surface area contributed by atoms with Crippen LogP contribution in [-0.2, 0) is 6.18 Å². The van der Waals surface area contributed by atoms with Crippen LogP contribution in [-0.4, -0.2) is 11.8 Å². The van der Waals surface area contributed by atoms with E-state index in [0.29, 0.717) is 10.9 Å². The Bertz CT molecular complexity index is 942. The highest BCUT2D eigenvalue weighted by Crippen LogP contribution is 2.33. The molecule has 0 aliphatic carbocycles. The van der Waals surface area contributed by atoms with E-state index >= 15 is 0 Å². The van der Waals surface area contributed by atoms with Crippen molar-refractivity contribution in [2.24, 2.45) is 0 Å². The zero-order valence-electron chi connectivity index (χ0n) is 11.9. The summed E-state index contributed by atoms with van der Waals surface area (Å²) in [6.07, 6.45) is -4.46. The predicted molar refractivity (Wildman–Crippen MR) is 78.0 cm³/mol. The highest BCUT2D eigenvalue weighted by Gasteiger charge is 2.31. The van der Waals surface area contributed by atoms with E-state index in [1.165, 1.54) is 13.2 Å². The van der Waals surface area contributed by atoms with Gasteiger partial charge in [0.1, 0.15) is 7.11 Å². The number of halogens is 3. The highest BCUT2D eigenvalue weighted by molar-refractivity contribution is 6.05. The molecule has 1 heterocycles. The molecule has 0 saturated heterocycles. The molecule has 0 fully saturated rings. The van der Waals surface area contributed by atoms with E-state index in [2.05, 4.69) is 0 Å². The molecule has 0 radical (unpaired) electrons. The summed E-state index contributed by atoms with van der Waals surface area (Å²) < 4.78 is 39.8. The Kier molecular flexibility index (Phi) is 3.12. The van der Waals surface area contributed by atoms with Gasteiger partial charge in [-0.05, 0) is 42.1 Å². The van der Waals surface area contributed by atoms with Gasteiger partial charge in [-0.25, -0.2) is 0 Å². The molecule has 22 heavy (non-hydrogen) atoms. The minimum atomic E-state index is -4.46. The lowest BCUT2D eigenvalue weighted by molar-refractivity contribution is -0.137. The molecule has 0 atom stereocenters. The lowest BCUT2D eigenvalue weighted by Gasteiger charge is -2.13. The quantitative estimate of drug-likeness (QED) is 0.644. The smallest absolute Gasteiger partial charge is 0.413 e. The van der Waals surface area contributed by atoms with E-state index in [0.717, 1.165) is 22.4 Å². The lowest BCUT2D eigenvalue weighted by Crippen LogP contribution is -2.25. The maximum absolute atomic E-state index is 12.9. The number of fused-ring (bicyclic) bond motifs is 3. The largest absolute Gasteiger partial charge is 0.416 e. The van der Waals surface area contributed by atoms with Gasteiger partial charge in [-0.1, -0.05) is 12.1 Å². The van der Waals surface area contributed by atoms with Gasteiger partial charge in [0.15, 0.2) is 0 Å². The first kappa shape index (κ1) is 14.4. The monoisotopic (exact) mass is 307 g/mol. The molecule has 0 unspecified atom stereocenters. The fraction of sp³-hybridized carbons (Fsp3) is 0.188. The van der Waals surface area contributed by atoms with Crippen LogP contribution in [0.5, 0.6) is 0 Å². The van der Waals surface area contributed by atoms with Gasteiger partial charge in [0, 0.05) is 5.39 Å². The number of alkyl halides is 3. The second-order valence-electron chi connectivity index (χ2n) is 5.06. The third-order valence-corrected chi connectivity index (χ3v) is 3.61. The maximum Gasteiger partial charge on any atom is 0.416 e. The van der Waals surface area contributed by atoms with Crippen LogP contribution in [0.3, 0.4) is 0 Å². The minimum absolute atomic E-state index is 0.186. The summed E-state index contributed by atoms with van der Waals surface area (Å²) in [6.45, 7) is 1.83. The van der Waals surface area contributed by atoms with Crippen LogP contribution >= 0.6 is 0 Å².